The first kappa shape index (κ1) is 27.4. The SMILES string of the molecule is COc1ccccc1CNCC(=O)Nc1sc2c(c1C(=O)Nc1c(C)n(C)n(-c3ccccc3)c1=O)CCCC2. The summed E-state index contributed by atoms with van der Waals surface area (Å²) in [6, 6.07) is 16.9. The smallest absolute Gasteiger partial charge is 0.295 e. The number of hydrogen-bond acceptors (Lipinski definition) is 6. The molecule has 2 heterocycles. The van der Waals surface area contributed by atoms with Gasteiger partial charge in [-0.25, -0.2) is 4.68 Å². The molecule has 2 aromatic carbocycles. The van der Waals surface area contributed by atoms with Crippen LogP contribution in [0.2, 0.25) is 0 Å². The molecule has 1 aliphatic rings. The number of hydrogen-bond donors (Lipinski definition) is 3. The van der Waals surface area contributed by atoms with Crippen LogP contribution < -0.4 is 26.2 Å². The number of aryl methyl sites for hydroxylation is 1. The molecule has 10 heteroatoms. The van der Waals surface area contributed by atoms with E-state index in [1.807, 2.05) is 54.6 Å². The third-order valence-corrected chi connectivity index (χ3v) is 8.44. The second kappa shape index (κ2) is 11.9. The lowest BCUT2D eigenvalue weighted by Gasteiger charge is -2.13. The predicted molar refractivity (Wildman–Crippen MR) is 158 cm³/mol. The van der Waals surface area contributed by atoms with Gasteiger partial charge < -0.3 is 20.7 Å². The maximum absolute atomic E-state index is 13.7. The minimum atomic E-state index is -0.386. The maximum atomic E-state index is 13.7. The van der Waals surface area contributed by atoms with E-state index in [1.165, 1.54) is 16.0 Å². The van der Waals surface area contributed by atoms with E-state index in [0.29, 0.717) is 28.5 Å². The molecule has 0 saturated heterocycles. The van der Waals surface area contributed by atoms with E-state index in [1.54, 1.807) is 25.8 Å². The van der Waals surface area contributed by atoms with Gasteiger partial charge in [0, 0.05) is 24.0 Å². The van der Waals surface area contributed by atoms with Crippen molar-refractivity contribution in [2.75, 3.05) is 24.3 Å². The van der Waals surface area contributed by atoms with Crippen LogP contribution in [-0.4, -0.2) is 34.8 Å². The van der Waals surface area contributed by atoms with Crippen molar-refractivity contribution in [1.29, 1.82) is 0 Å². The third kappa shape index (κ3) is 5.45. The van der Waals surface area contributed by atoms with Crippen LogP contribution in [0.5, 0.6) is 5.75 Å². The van der Waals surface area contributed by atoms with E-state index in [2.05, 4.69) is 16.0 Å². The van der Waals surface area contributed by atoms with Crippen LogP contribution in [0.4, 0.5) is 10.7 Å². The zero-order valence-corrected chi connectivity index (χ0v) is 23.7. The van der Waals surface area contributed by atoms with Gasteiger partial charge in [-0.15, -0.1) is 11.3 Å². The van der Waals surface area contributed by atoms with Gasteiger partial charge >= 0.3 is 0 Å². The van der Waals surface area contributed by atoms with Gasteiger partial charge in [0.1, 0.15) is 16.4 Å². The first-order valence-corrected chi connectivity index (χ1v) is 14.1. The molecule has 0 bridgehead atoms. The molecule has 0 saturated carbocycles. The van der Waals surface area contributed by atoms with Crippen LogP contribution in [0, 0.1) is 6.92 Å². The van der Waals surface area contributed by atoms with Crippen LogP contribution in [0.1, 0.15) is 44.9 Å². The van der Waals surface area contributed by atoms with Crippen LogP contribution >= 0.6 is 11.3 Å². The number of fused-ring (bicyclic) bond motifs is 1. The summed E-state index contributed by atoms with van der Waals surface area (Å²) in [7, 11) is 3.40. The van der Waals surface area contributed by atoms with E-state index in [4.69, 9.17) is 4.74 Å². The van der Waals surface area contributed by atoms with Gasteiger partial charge in [-0.1, -0.05) is 36.4 Å². The number of methoxy groups -OCH3 is 1. The second-order valence-corrected chi connectivity index (χ2v) is 10.9. The molecule has 0 atom stereocenters. The lowest BCUT2D eigenvalue weighted by Crippen LogP contribution is -2.28. The van der Waals surface area contributed by atoms with Gasteiger partial charge in [0.25, 0.3) is 11.5 Å². The van der Waals surface area contributed by atoms with Crippen molar-refractivity contribution in [1.82, 2.24) is 14.7 Å². The molecule has 5 rings (SSSR count). The fourth-order valence-corrected chi connectivity index (χ4v) is 6.42. The Morgan fingerprint density at radius 3 is 2.50 bits per heavy atom. The highest BCUT2D eigenvalue weighted by Crippen LogP contribution is 2.38. The van der Waals surface area contributed by atoms with Gasteiger partial charge in [0.2, 0.25) is 5.91 Å². The summed E-state index contributed by atoms with van der Waals surface area (Å²) in [5.74, 6) is 0.121. The average molecular weight is 560 g/mol. The highest BCUT2D eigenvalue weighted by atomic mass is 32.1. The number of amides is 2. The summed E-state index contributed by atoms with van der Waals surface area (Å²) < 4.78 is 8.64. The van der Waals surface area contributed by atoms with Crippen molar-refractivity contribution in [3.63, 3.8) is 0 Å². The number of anilines is 2. The molecule has 1 aliphatic carbocycles. The Morgan fingerprint density at radius 1 is 1.00 bits per heavy atom. The molecule has 2 amide bonds. The predicted octanol–water partition coefficient (Wildman–Crippen LogP) is 4.41. The Morgan fingerprint density at radius 2 is 1.73 bits per heavy atom. The van der Waals surface area contributed by atoms with Gasteiger partial charge in [0.15, 0.2) is 0 Å². The molecule has 0 radical (unpaired) electrons. The number of nitrogens with zero attached hydrogens (tertiary/aromatic N) is 2. The Bertz CT molecular complexity index is 1600. The van der Waals surface area contributed by atoms with Crippen molar-refractivity contribution >= 4 is 33.8 Å². The quantitative estimate of drug-likeness (QED) is 0.282. The topological polar surface area (TPSA) is 106 Å². The fraction of sp³-hybridized carbons (Fsp3) is 0.300. The molecule has 9 nitrogen and oxygen atoms in total. The van der Waals surface area contributed by atoms with Crippen molar-refractivity contribution in [2.24, 2.45) is 7.05 Å². The number of nitrogens with one attached hydrogen (secondary N) is 3. The van der Waals surface area contributed by atoms with Crippen molar-refractivity contribution < 1.29 is 14.3 Å². The Labute approximate surface area is 236 Å². The summed E-state index contributed by atoms with van der Waals surface area (Å²) in [4.78, 5) is 41.2. The van der Waals surface area contributed by atoms with Gasteiger partial charge in [-0.2, -0.15) is 0 Å². The number of carbonyl (C=O) groups excluding carboxylic acids is 2. The normalized spacial score (nSPS) is 12.6. The van der Waals surface area contributed by atoms with Crippen molar-refractivity contribution in [2.45, 2.75) is 39.2 Å². The largest absolute Gasteiger partial charge is 0.496 e. The summed E-state index contributed by atoms with van der Waals surface area (Å²) in [6.45, 7) is 2.34. The molecule has 0 unspecified atom stereocenters. The van der Waals surface area contributed by atoms with Gasteiger partial charge in [-0.05, 0) is 56.4 Å². The molecule has 0 fully saturated rings. The van der Waals surface area contributed by atoms with E-state index < -0.39 is 0 Å². The molecule has 208 valence electrons. The third-order valence-electron chi connectivity index (χ3n) is 7.24. The van der Waals surface area contributed by atoms with E-state index >= 15 is 0 Å². The summed E-state index contributed by atoms with van der Waals surface area (Å²) in [5.41, 5.74) is 3.62. The van der Waals surface area contributed by atoms with Gasteiger partial charge in [0.05, 0.1) is 30.6 Å². The van der Waals surface area contributed by atoms with Crippen molar-refractivity contribution in [3.8, 4) is 11.4 Å². The Hall–Kier alpha value is -4.15. The monoisotopic (exact) mass is 559 g/mol. The van der Waals surface area contributed by atoms with Crippen LogP contribution in [0.15, 0.2) is 59.4 Å². The zero-order chi connectivity index (χ0) is 28.2. The zero-order valence-electron chi connectivity index (χ0n) is 22.9. The number of rotatable bonds is 9. The Kier molecular flexibility index (Phi) is 8.18. The highest BCUT2D eigenvalue weighted by Gasteiger charge is 2.28. The van der Waals surface area contributed by atoms with E-state index in [0.717, 1.165) is 47.4 Å². The summed E-state index contributed by atoms with van der Waals surface area (Å²) in [6.07, 6.45) is 3.65. The highest BCUT2D eigenvalue weighted by molar-refractivity contribution is 7.17. The van der Waals surface area contributed by atoms with Crippen LogP contribution in [-0.2, 0) is 31.2 Å². The number of thiophene rings is 1. The molecule has 0 aliphatic heterocycles. The van der Waals surface area contributed by atoms with Gasteiger partial charge in [-0.3, -0.25) is 19.1 Å². The number of ether oxygens (including phenoxy) is 1. The first-order valence-electron chi connectivity index (χ1n) is 13.3. The minimum Gasteiger partial charge on any atom is -0.496 e. The Balaban J connectivity index is 1.36. The summed E-state index contributed by atoms with van der Waals surface area (Å²) >= 11 is 1.45. The molecular weight excluding hydrogens is 526 g/mol. The minimum absolute atomic E-state index is 0.0707. The lowest BCUT2D eigenvalue weighted by atomic mass is 9.95. The fourth-order valence-electron chi connectivity index (χ4n) is 5.11. The van der Waals surface area contributed by atoms with E-state index in [-0.39, 0.29) is 29.6 Å². The van der Waals surface area contributed by atoms with Crippen LogP contribution in [0.25, 0.3) is 5.69 Å². The maximum Gasteiger partial charge on any atom is 0.295 e. The molecule has 0 spiro atoms. The molecule has 2 aromatic heterocycles. The number of para-hydroxylation sites is 2. The molecule has 3 N–H and O–H groups in total. The standard InChI is InChI=1S/C30H33N5O4S/c1-19-27(30(38)35(34(19)2)21-12-5-4-6-13-21)33-28(37)26-22-14-8-10-16-24(22)40-29(26)32-25(36)18-31-17-20-11-7-9-15-23(20)39-3/h4-7,9,11-13,15,31H,8,10,14,16-18H2,1-3H3,(H,32,36)(H,33,37). The summed E-state index contributed by atoms with van der Waals surface area (Å²) in [5, 5.41) is 9.51. The van der Waals surface area contributed by atoms with E-state index in [9.17, 15) is 14.4 Å². The molecular formula is C30H33N5O4S. The average Bonchev–Trinajstić information content (AvgIpc) is 3.43. The van der Waals surface area contributed by atoms with Crippen molar-refractivity contribution in [3.05, 3.63) is 92.2 Å². The first-order chi connectivity index (χ1) is 19.4. The molecule has 40 heavy (non-hydrogen) atoms. The number of benzene rings is 2. The molecule has 4 aromatic rings. The number of aromatic nitrogens is 2. The van der Waals surface area contributed by atoms with Crippen LogP contribution in [0.3, 0.4) is 0 Å². The lowest BCUT2D eigenvalue weighted by molar-refractivity contribution is -0.115. The second-order valence-electron chi connectivity index (χ2n) is 9.77. The number of carbonyl (C=O) groups is 2.